The Hall–Kier alpha value is -1.11. The van der Waals surface area contributed by atoms with Gasteiger partial charge in [-0.3, -0.25) is 0 Å². The number of sulfonamides is 1. The van der Waals surface area contributed by atoms with Crippen molar-refractivity contribution in [2.75, 3.05) is 19.6 Å². The predicted molar refractivity (Wildman–Crippen MR) is 99.2 cm³/mol. The van der Waals surface area contributed by atoms with Gasteiger partial charge in [-0.25, -0.2) is 8.42 Å². The van der Waals surface area contributed by atoms with Gasteiger partial charge in [-0.2, -0.15) is 4.31 Å². The maximum absolute atomic E-state index is 12.9. The van der Waals surface area contributed by atoms with E-state index in [1.54, 1.807) is 24.3 Å². The summed E-state index contributed by atoms with van der Waals surface area (Å²) in [7, 11) is -3.61. The lowest BCUT2D eigenvalue weighted by molar-refractivity contribution is 0.459. The average Bonchev–Trinajstić information content (AvgIpc) is 3.01. The van der Waals surface area contributed by atoms with E-state index in [1.807, 2.05) is 30.3 Å². The Bertz CT molecular complexity index is 784. The molecule has 0 aromatic heterocycles. The second kappa shape index (κ2) is 7.85. The summed E-state index contributed by atoms with van der Waals surface area (Å²) in [5.74, 6) is 0.216. The molecule has 2 aromatic carbocycles. The molecule has 1 aliphatic heterocycles. The first kappa shape index (κ1) is 19.2. The van der Waals surface area contributed by atoms with E-state index >= 15 is 0 Å². The molecule has 3 rings (SSSR count). The molecule has 2 N–H and O–H groups in total. The molecule has 0 saturated carbocycles. The van der Waals surface area contributed by atoms with Crippen LogP contribution in [0.4, 0.5) is 0 Å². The molecule has 4 nitrogen and oxygen atoms in total. The molecule has 0 unspecified atom stereocenters. The van der Waals surface area contributed by atoms with Gasteiger partial charge in [-0.05, 0) is 30.2 Å². The molecule has 0 bridgehead atoms. The zero-order chi connectivity index (χ0) is 16.4. The Balaban J connectivity index is 0.00000208. The molecular weight excluding hydrogens is 367 g/mol. The van der Waals surface area contributed by atoms with Crippen LogP contribution in [0.3, 0.4) is 0 Å². The predicted octanol–water partition coefficient (Wildman–Crippen LogP) is 3.12. The topological polar surface area (TPSA) is 63.4 Å². The Labute approximate surface area is 154 Å². The minimum absolute atomic E-state index is 0. The maximum atomic E-state index is 12.9. The molecule has 1 heterocycles. The lowest BCUT2D eigenvalue weighted by Gasteiger charge is -2.17. The van der Waals surface area contributed by atoms with Crippen LogP contribution >= 0.6 is 24.0 Å². The van der Waals surface area contributed by atoms with Crippen molar-refractivity contribution >= 4 is 34.0 Å². The largest absolute Gasteiger partial charge is 0.330 e. The molecule has 2 atom stereocenters. The number of hydrogen-bond donors (Lipinski definition) is 1. The van der Waals surface area contributed by atoms with Crippen molar-refractivity contribution in [1.29, 1.82) is 0 Å². The van der Waals surface area contributed by atoms with Crippen LogP contribution in [0.1, 0.15) is 11.5 Å². The van der Waals surface area contributed by atoms with E-state index in [4.69, 9.17) is 17.3 Å². The number of halogens is 2. The second-order valence-electron chi connectivity index (χ2n) is 5.77. The van der Waals surface area contributed by atoms with Gasteiger partial charge in [-0.15, -0.1) is 12.4 Å². The van der Waals surface area contributed by atoms with Crippen LogP contribution in [0.25, 0.3) is 0 Å². The van der Waals surface area contributed by atoms with Crippen molar-refractivity contribution in [3.8, 4) is 0 Å². The van der Waals surface area contributed by atoms with Crippen molar-refractivity contribution in [3.63, 3.8) is 0 Å². The average molecular weight is 387 g/mol. The second-order valence-corrected chi connectivity index (χ2v) is 8.08. The molecule has 24 heavy (non-hydrogen) atoms. The van der Waals surface area contributed by atoms with Crippen molar-refractivity contribution in [2.24, 2.45) is 11.7 Å². The van der Waals surface area contributed by atoms with E-state index in [9.17, 15) is 8.42 Å². The van der Waals surface area contributed by atoms with Gasteiger partial charge in [0.1, 0.15) is 4.90 Å². The van der Waals surface area contributed by atoms with E-state index in [1.165, 1.54) is 4.31 Å². The van der Waals surface area contributed by atoms with Crippen molar-refractivity contribution in [2.45, 2.75) is 10.8 Å². The van der Waals surface area contributed by atoms with Crippen LogP contribution < -0.4 is 5.73 Å². The number of hydrogen-bond acceptors (Lipinski definition) is 3. The first-order valence-electron chi connectivity index (χ1n) is 7.53. The van der Waals surface area contributed by atoms with E-state index in [2.05, 4.69) is 0 Å². The zero-order valence-electron chi connectivity index (χ0n) is 13.0. The van der Waals surface area contributed by atoms with Crippen molar-refractivity contribution in [1.82, 2.24) is 4.31 Å². The molecule has 0 aliphatic carbocycles. The molecule has 7 heteroatoms. The van der Waals surface area contributed by atoms with E-state index in [-0.39, 0.29) is 34.2 Å². The van der Waals surface area contributed by atoms with Gasteiger partial charge in [0.25, 0.3) is 0 Å². The van der Waals surface area contributed by atoms with Crippen molar-refractivity contribution < 1.29 is 8.42 Å². The minimum Gasteiger partial charge on any atom is -0.330 e. The summed E-state index contributed by atoms with van der Waals surface area (Å²) in [6.07, 6.45) is 0. The normalized spacial score (nSPS) is 21.4. The Morgan fingerprint density at radius 3 is 2.29 bits per heavy atom. The molecular formula is C17H20Cl2N2O2S. The Morgan fingerprint density at radius 2 is 1.67 bits per heavy atom. The summed E-state index contributed by atoms with van der Waals surface area (Å²) in [6.45, 7) is 1.30. The molecule has 0 spiro atoms. The molecule has 2 aromatic rings. The third kappa shape index (κ3) is 3.60. The van der Waals surface area contributed by atoms with Crippen LogP contribution in [-0.4, -0.2) is 32.4 Å². The Morgan fingerprint density at radius 1 is 1.04 bits per heavy atom. The summed E-state index contributed by atoms with van der Waals surface area (Å²) in [4.78, 5) is 0.158. The van der Waals surface area contributed by atoms with Crippen LogP contribution in [0.15, 0.2) is 59.5 Å². The van der Waals surface area contributed by atoms with Gasteiger partial charge in [-0.1, -0.05) is 54.1 Å². The molecule has 1 fully saturated rings. The van der Waals surface area contributed by atoms with Gasteiger partial charge >= 0.3 is 0 Å². The van der Waals surface area contributed by atoms with E-state index in [0.29, 0.717) is 19.6 Å². The minimum atomic E-state index is -3.61. The number of rotatable bonds is 4. The van der Waals surface area contributed by atoms with Gasteiger partial charge in [0, 0.05) is 19.0 Å². The summed E-state index contributed by atoms with van der Waals surface area (Å²) in [6, 6.07) is 16.5. The fourth-order valence-corrected chi connectivity index (χ4v) is 5.15. The highest BCUT2D eigenvalue weighted by Gasteiger charge is 2.39. The molecule has 0 amide bonds. The molecule has 130 valence electrons. The molecule has 0 radical (unpaired) electrons. The number of nitrogens with zero attached hydrogens (tertiary/aromatic N) is 1. The van der Waals surface area contributed by atoms with E-state index in [0.717, 1.165) is 5.56 Å². The summed E-state index contributed by atoms with van der Waals surface area (Å²) in [5, 5.41) is 0.250. The summed E-state index contributed by atoms with van der Waals surface area (Å²) >= 11 is 6.08. The monoisotopic (exact) mass is 386 g/mol. The van der Waals surface area contributed by atoms with Gasteiger partial charge in [0.15, 0.2) is 0 Å². The first-order valence-corrected chi connectivity index (χ1v) is 9.35. The summed E-state index contributed by atoms with van der Waals surface area (Å²) in [5.41, 5.74) is 7.01. The highest BCUT2D eigenvalue weighted by molar-refractivity contribution is 7.89. The van der Waals surface area contributed by atoms with Crippen LogP contribution in [0.2, 0.25) is 5.02 Å². The van der Waals surface area contributed by atoms with Crippen LogP contribution in [0, 0.1) is 5.92 Å². The fourth-order valence-electron chi connectivity index (χ4n) is 3.14. The zero-order valence-corrected chi connectivity index (χ0v) is 15.4. The maximum Gasteiger partial charge on any atom is 0.244 e. The summed E-state index contributed by atoms with van der Waals surface area (Å²) < 4.78 is 27.3. The van der Waals surface area contributed by atoms with Gasteiger partial charge < -0.3 is 5.73 Å². The van der Waals surface area contributed by atoms with E-state index < -0.39 is 10.0 Å². The van der Waals surface area contributed by atoms with Crippen molar-refractivity contribution in [3.05, 3.63) is 65.2 Å². The highest BCUT2D eigenvalue weighted by atomic mass is 35.5. The third-order valence-electron chi connectivity index (χ3n) is 4.39. The lowest BCUT2D eigenvalue weighted by Crippen LogP contribution is -2.30. The molecule has 1 aliphatic rings. The van der Waals surface area contributed by atoms with Crippen LogP contribution in [0.5, 0.6) is 0 Å². The standard InChI is InChI=1S/C17H19ClN2O2S.ClH/c18-16-8-4-5-9-17(16)23(21,22)20-11-14(10-19)15(12-20)13-6-2-1-3-7-13;/h1-9,14-15H,10-12,19H2;1H/t14-,15+;/m1./s1. The number of nitrogens with two attached hydrogens (primary N) is 1. The fraction of sp³-hybridized carbons (Fsp3) is 0.294. The lowest BCUT2D eigenvalue weighted by atomic mass is 9.89. The smallest absolute Gasteiger partial charge is 0.244 e. The molecule has 1 saturated heterocycles. The number of benzene rings is 2. The SMILES string of the molecule is Cl.NC[C@@H]1CN(S(=O)(=O)c2ccccc2Cl)C[C@H]1c1ccccc1. The van der Waals surface area contributed by atoms with Gasteiger partial charge in [0.2, 0.25) is 10.0 Å². The first-order chi connectivity index (χ1) is 11.0. The highest BCUT2D eigenvalue weighted by Crippen LogP contribution is 2.36. The Kier molecular flexibility index (Phi) is 6.28. The van der Waals surface area contributed by atoms with Crippen LogP contribution in [-0.2, 0) is 10.0 Å². The third-order valence-corrected chi connectivity index (χ3v) is 6.72. The quantitative estimate of drug-likeness (QED) is 0.877. The van der Waals surface area contributed by atoms with Gasteiger partial charge in [0.05, 0.1) is 5.02 Å².